The Hall–Kier alpha value is -1.39. The molecule has 1 aromatic carbocycles. The maximum absolute atomic E-state index is 12.5. The van der Waals surface area contributed by atoms with Crippen LogP contribution in [0.15, 0.2) is 30.3 Å². The van der Waals surface area contributed by atoms with Crippen LogP contribution in [0.4, 0.5) is 0 Å². The minimum absolute atomic E-state index is 0.153. The van der Waals surface area contributed by atoms with Crippen LogP contribution in [0.1, 0.15) is 32.3 Å². The van der Waals surface area contributed by atoms with Crippen molar-refractivity contribution >= 4 is 5.91 Å². The molecule has 1 amide bonds. The minimum Gasteiger partial charge on any atom is -0.352 e. The van der Waals surface area contributed by atoms with E-state index in [-0.39, 0.29) is 17.4 Å². The predicted octanol–water partition coefficient (Wildman–Crippen LogP) is 2.01. The first-order chi connectivity index (χ1) is 10.5. The number of amides is 1. The molecule has 122 valence electrons. The SMILES string of the molecule is CC(CN(C)Cc1ccccc1)NC(=O)C1(C)CCCNC1. The van der Waals surface area contributed by atoms with Gasteiger partial charge in [0.2, 0.25) is 5.91 Å². The van der Waals surface area contributed by atoms with Crippen molar-refractivity contribution in [3.63, 3.8) is 0 Å². The summed E-state index contributed by atoms with van der Waals surface area (Å²) in [6.45, 7) is 7.71. The number of carbonyl (C=O) groups excluding carboxylic acids is 1. The van der Waals surface area contributed by atoms with Gasteiger partial charge in [0.1, 0.15) is 0 Å². The molecule has 1 aromatic rings. The molecule has 0 radical (unpaired) electrons. The fourth-order valence-corrected chi connectivity index (χ4v) is 3.12. The largest absolute Gasteiger partial charge is 0.352 e. The van der Waals surface area contributed by atoms with Crippen LogP contribution in [0.25, 0.3) is 0 Å². The molecule has 2 unspecified atom stereocenters. The number of hydrogen-bond acceptors (Lipinski definition) is 3. The van der Waals surface area contributed by atoms with E-state index in [1.807, 2.05) is 6.07 Å². The second-order valence-corrected chi connectivity index (χ2v) is 6.90. The van der Waals surface area contributed by atoms with Crippen LogP contribution in [0.3, 0.4) is 0 Å². The first kappa shape index (κ1) is 17.0. The molecular weight excluding hydrogens is 274 g/mol. The van der Waals surface area contributed by atoms with Gasteiger partial charge in [-0.3, -0.25) is 4.79 Å². The van der Waals surface area contributed by atoms with E-state index in [4.69, 9.17) is 0 Å². The molecule has 0 aromatic heterocycles. The average Bonchev–Trinajstić information content (AvgIpc) is 2.48. The summed E-state index contributed by atoms with van der Waals surface area (Å²) in [7, 11) is 2.10. The third-order valence-electron chi connectivity index (χ3n) is 4.40. The molecule has 2 N–H and O–H groups in total. The molecule has 0 saturated carbocycles. The first-order valence-corrected chi connectivity index (χ1v) is 8.24. The highest BCUT2D eigenvalue weighted by atomic mass is 16.2. The van der Waals surface area contributed by atoms with E-state index in [1.54, 1.807) is 0 Å². The van der Waals surface area contributed by atoms with Crippen molar-refractivity contribution in [3.05, 3.63) is 35.9 Å². The normalized spacial score (nSPS) is 23.3. The summed E-state index contributed by atoms with van der Waals surface area (Å²) in [4.78, 5) is 14.8. The van der Waals surface area contributed by atoms with Gasteiger partial charge in [0.15, 0.2) is 0 Å². The maximum Gasteiger partial charge on any atom is 0.227 e. The van der Waals surface area contributed by atoms with Gasteiger partial charge >= 0.3 is 0 Å². The van der Waals surface area contributed by atoms with E-state index in [1.165, 1.54) is 5.56 Å². The standard InChI is InChI=1S/C18H29N3O/c1-15(12-21(3)13-16-8-5-4-6-9-16)20-17(22)18(2)10-7-11-19-14-18/h4-6,8-9,15,19H,7,10-14H2,1-3H3,(H,20,22). The molecule has 1 heterocycles. The molecule has 4 heteroatoms. The molecule has 1 aliphatic heterocycles. The van der Waals surface area contributed by atoms with E-state index >= 15 is 0 Å². The van der Waals surface area contributed by atoms with Crippen molar-refractivity contribution in [2.45, 2.75) is 39.3 Å². The predicted molar refractivity (Wildman–Crippen MR) is 90.6 cm³/mol. The zero-order valence-electron chi connectivity index (χ0n) is 14.1. The fraction of sp³-hybridized carbons (Fsp3) is 0.611. The molecule has 0 spiro atoms. The highest BCUT2D eigenvalue weighted by Gasteiger charge is 2.35. The van der Waals surface area contributed by atoms with E-state index in [2.05, 4.69) is 60.7 Å². The Morgan fingerprint density at radius 1 is 1.41 bits per heavy atom. The summed E-state index contributed by atoms with van der Waals surface area (Å²) in [5, 5.41) is 6.52. The smallest absolute Gasteiger partial charge is 0.227 e. The van der Waals surface area contributed by atoms with E-state index in [0.29, 0.717) is 0 Å². The van der Waals surface area contributed by atoms with Crippen molar-refractivity contribution in [2.75, 3.05) is 26.7 Å². The molecule has 1 aliphatic rings. The monoisotopic (exact) mass is 303 g/mol. The molecule has 22 heavy (non-hydrogen) atoms. The number of nitrogens with zero attached hydrogens (tertiary/aromatic N) is 1. The number of hydrogen-bond donors (Lipinski definition) is 2. The lowest BCUT2D eigenvalue weighted by Gasteiger charge is -2.34. The number of benzene rings is 1. The lowest BCUT2D eigenvalue weighted by Crippen LogP contribution is -2.52. The van der Waals surface area contributed by atoms with Crippen LogP contribution in [0.2, 0.25) is 0 Å². The van der Waals surface area contributed by atoms with Gasteiger partial charge in [-0.15, -0.1) is 0 Å². The first-order valence-electron chi connectivity index (χ1n) is 8.24. The number of rotatable bonds is 6. The van der Waals surface area contributed by atoms with Gasteiger partial charge in [-0.25, -0.2) is 0 Å². The average molecular weight is 303 g/mol. The summed E-state index contributed by atoms with van der Waals surface area (Å²) in [5.41, 5.74) is 1.04. The number of likely N-dealkylation sites (N-methyl/N-ethyl adjacent to an activating group) is 1. The summed E-state index contributed by atoms with van der Waals surface area (Å²) in [6.07, 6.45) is 2.05. The van der Waals surface area contributed by atoms with Crippen LogP contribution in [0, 0.1) is 5.41 Å². The lowest BCUT2D eigenvalue weighted by molar-refractivity contribution is -0.131. The Bertz CT molecular complexity index is 468. The molecule has 0 bridgehead atoms. The Morgan fingerprint density at radius 3 is 2.77 bits per heavy atom. The van der Waals surface area contributed by atoms with Crippen LogP contribution < -0.4 is 10.6 Å². The Morgan fingerprint density at radius 2 is 2.14 bits per heavy atom. The van der Waals surface area contributed by atoms with Crippen molar-refractivity contribution in [1.29, 1.82) is 0 Å². The van der Waals surface area contributed by atoms with Crippen LogP contribution in [-0.4, -0.2) is 43.5 Å². The summed E-state index contributed by atoms with van der Waals surface area (Å²) in [5.74, 6) is 0.181. The van der Waals surface area contributed by atoms with Crippen LogP contribution >= 0.6 is 0 Å². The second kappa shape index (κ2) is 7.75. The molecule has 1 fully saturated rings. The van der Waals surface area contributed by atoms with Gasteiger partial charge in [-0.05, 0) is 45.8 Å². The molecule has 4 nitrogen and oxygen atoms in total. The molecule has 2 atom stereocenters. The maximum atomic E-state index is 12.5. The van der Waals surface area contributed by atoms with Gasteiger partial charge in [0, 0.05) is 25.7 Å². The van der Waals surface area contributed by atoms with Gasteiger partial charge in [0.05, 0.1) is 5.41 Å². The van der Waals surface area contributed by atoms with Crippen molar-refractivity contribution in [1.82, 2.24) is 15.5 Å². The molecule has 2 rings (SSSR count). The zero-order valence-corrected chi connectivity index (χ0v) is 14.1. The van der Waals surface area contributed by atoms with E-state index in [9.17, 15) is 4.79 Å². The summed E-state index contributed by atoms with van der Waals surface area (Å²) < 4.78 is 0. The van der Waals surface area contributed by atoms with E-state index < -0.39 is 0 Å². The van der Waals surface area contributed by atoms with Gasteiger partial charge in [-0.2, -0.15) is 0 Å². The van der Waals surface area contributed by atoms with Crippen molar-refractivity contribution in [2.24, 2.45) is 5.41 Å². The van der Waals surface area contributed by atoms with Gasteiger partial charge in [0.25, 0.3) is 0 Å². The number of piperidine rings is 1. The second-order valence-electron chi connectivity index (χ2n) is 6.90. The summed E-state index contributed by atoms with van der Waals surface area (Å²) in [6, 6.07) is 10.6. The van der Waals surface area contributed by atoms with Gasteiger partial charge in [-0.1, -0.05) is 30.3 Å². The van der Waals surface area contributed by atoms with Gasteiger partial charge < -0.3 is 15.5 Å². The van der Waals surface area contributed by atoms with E-state index in [0.717, 1.165) is 39.0 Å². The minimum atomic E-state index is -0.259. The van der Waals surface area contributed by atoms with Crippen molar-refractivity contribution in [3.8, 4) is 0 Å². The van der Waals surface area contributed by atoms with Crippen molar-refractivity contribution < 1.29 is 4.79 Å². The Kier molecular flexibility index (Phi) is 5.98. The summed E-state index contributed by atoms with van der Waals surface area (Å²) >= 11 is 0. The Balaban J connectivity index is 1.79. The number of carbonyl (C=O) groups is 1. The number of nitrogens with one attached hydrogen (secondary N) is 2. The van der Waals surface area contributed by atoms with Crippen LogP contribution in [-0.2, 0) is 11.3 Å². The quantitative estimate of drug-likeness (QED) is 0.845. The topological polar surface area (TPSA) is 44.4 Å². The third-order valence-corrected chi connectivity index (χ3v) is 4.40. The highest BCUT2D eigenvalue weighted by Crippen LogP contribution is 2.25. The third kappa shape index (κ3) is 4.82. The Labute approximate surface area is 134 Å². The zero-order chi connectivity index (χ0) is 16.0. The molecule has 0 aliphatic carbocycles. The van der Waals surface area contributed by atoms with Crippen LogP contribution in [0.5, 0.6) is 0 Å². The fourth-order valence-electron chi connectivity index (χ4n) is 3.12. The lowest BCUT2D eigenvalue weighted by atomic mass is 9.82. The molecular formula is C18H29N3O. The highest BCUT2D eigenvalue weighted by molar-refractivity contribution is 5.82. The molecule has 1 saturated heterocycles.